The molecule has 0 atom stereocenters. The minimum Gasteiger partial charge on any atom is -0.487 e. The first-order valence-electron chi connectivity index (χ1n) is 11.8. The third kappa shape index (κ3) is 5.41. The molecule has 0 saturated carbocycles. The molecule has 2 aliphatic rings. The highest BCUT2D eigenvalue weighted by Crippen LogP contribution is 2.28. The van der Waals surface area contributed by atoms with E-state index in [1.165, 1.54) is 5.56 Å². The Morgan fingerprint density at radius 1 is 0.941 bits per heavy atom. The van der Waals surface area contributed by atoms with Crippen molar-refractivity contribution >= 4 is 17.5 Å². The summed E-state index contributed by atoms with van der Waals surface area (Å²) < 4.78 is 5.87. The fourth-order valence-electron chi connectivity index (χ4n) is 4.61. The summed E-state index contributed by atoms with van der Waals surface area (Å²) in [6.45, 7) is 6.91. The monoisotopic (exact) mass is 476 g/mol. The summed E-state index contributed by atoms with van der Waals surface area (Å²) in [6.07, 6.45) is 3.52. The van der Waals surface area contributed by atoms with E-state index in [4.69, 9.17) is 16.3 Å². The molecule has 0 N–H and O–H groups in total. The Morgan fingerprint density at radius 3 is 2.38 bits per heavy atom. The van der Waals surface area contributed by atoms with Gasteiger partial charge in [-0.25, -0.2) is 0 Å². The zero-order chi connectivity index (χ0) is 23.3. The number of likely N-dealkylation sites (tertiary alicyclic amines) is 1. The highest BCUT2D eigenvalue weighted by molar-refractivity contribution is 6.32. The van der Waals surface area contributed by atoms with Crippen molar-refractivity contribution in [2.24, 2.45) is 0 Å². The van der Waals surface area contributed by atoms with E-state index in [0.29, 0.717) is 23.4 Å². The van der Waals surface area contributed by atoms with Crippen molar-refractivity contribution in [1.29, 1.82) is 0 Å². The topological polar surface area (TPSA) is 48.9 Å². The zero-order valence-electron chi connectivity index (χ0n) is 19.1. The number of halogens is 1. The average Bonchev–Trinajstić information content (AvgIpc) is 2.86. The Hall–Kier alpha value is -2.93. The second-order valence-corrected chi connectivity index (χ2v) is 9.36. The number of nitrogens with zero attached hydrogens (tertiary/aromatic N) is 4. The molecular weight excluding hydrogens is 448 g/mol. The molecule has 5 rings (SSSR count). The van der Waals surface area contributed by atoms with Gasteiger partial charge in [0, 0.05) is 69.8 Å². The summed E-state index contributed by atoms with van der Waals surface area (Å²) in [6, 6.07) is 20.1. The number of ether oxygens (including phenoxy) is 1. The van der Waals surface area contributed by atoms with Crippen LogP contribution in [0.4, 0.5) is 0 Å². The number of pyridine rings is 1. The van der Waals surface area contributed by atoms with Crippen LogP contribution in [0.5, 0.6) is 5.75 Å². The molecule has 2 saturated heterocycles. The van der Waals surface area contributed by atoms with Gasteiger partial charge in [-0.3, -0.25) is 19.6 Å². The first-order chi connectivity index (χ1) is 16.7. The lowest BCUT2D eigenvalue weighted by Gasteiger charge is -2.48. The van der Waals surface area contributed by atoms with E-state index in [0.717, 1.165) is 56.9 Å². The van der Waals surface area contributed by atoms with Gasteiger partial charge in [0.2, 0.25) is 0 Å². The lowest BCUT2D eigenvalue weighted by Crippen LogP contribution is -2.63. The summed E-state index contributed by atoms with van der Waals surface area (Å²) in [5.41, 5.74) is 3.03. The molecule has 0 unspecified atom stereocenters. The lowest BCUT2D eigenvalue weighted by molar-refractivity contribution is 0.00257. The highest BCUT2D eigenvalue weighted by Gasteiger charge is 2.34. The molecule has 7 heteroatoms. The third-order valence-electron chi connectivity index (χ3n) is 6.62. The maximum Gasteiger partial charge on any atom is 0.253 e. The van der Waals surface area contributed by atoms with Gasteiger partial charge in [-0.2, -0.15) is 0 Å². The third-order valence-corrected chi connectivity index (χ3v) is 6.92. The Morgan fingerprint density at radius 2 is 1.68 bits per heavy atom. The number of rotatable bonds is 7. The second-order valence-electron chi connectivity index (χ2n) is 8.95. The molecule has 2 aromatic carbocycles. The van der Waals surface area contributed by atoms with Crippen molar-refractivity contribution < 1.29 is 9.53 Å². The smallest absolute Gasteiger partial charge is 0.253 e. The van der Waals surface area contributed by atoms with E-state index in [-0.39, 0.29) is 5.91 Å². The predicted molar refractivity (Wildman–Crippen MR) is 133 cm³/mol. The van der Waals surface area contributed by atoms with Crippen molar-refractivity contribution in [1.82, 2.24) is 19.7 Å². The van der Waals surface area contributed by atoms with Crippen LogP contribution in [0, 0.1) is 0 Å². The number of piperazine rings is 1. The van der Waals surface area contributed by atoms with Gasteiger partial charge >= 0.3 is 0 Å². The van der Waals surface area contributed by atoms with Gasteiger partial charge in [0.05, 0.1) is 5.02 Å². The van der Waals surface area contributed by atoms with Crippen LogP contribution in [0.15, 0.2) is 73.1 Å². The zero-order valence-corrected chi connectivity index (χ0v) is 19.9. The van der Waals surface area contributed by atoms with E-state index in [1.807, 2.05) is 59.5 Å². The SMILES string of the molecule is O=C(c1ccccc1)N1CCN(C2CN(Cc3ccc(OCc4ccncc4)c(Cl)c3)C2)CC1. The van der Waals surface area contributed by atoms with Crippen LogP contribution in [0.25, 0.3) is 0 Å². The summed E-state index contributed by atoms with van der Waals surface area (Å²) in [7, 11) is 0. The molecule has 6 nitrogen and oxygen atoms in total. The number of hydrogen-bond donors (Lipinski definition) is 0. The molecule has 1 aromatic heterocycles. The number of amides is 1. The van der Waals surface area contributed by atoms with Crippen LogP contribution in [-0.2, 0) is 13.2 Å². The van der Waals surface area contributed by atoms with Gasteiger partial charge in [0.15, 0.2) is 0 Å². The van der Waals surface area contributed by atoms with Crippen molar-refractivity contribution in [3.05, 3.63) is 94.8 Å². The number of aromatic nitrogens is 1. The molecule has 3 heterocycles. The van der Waals surface area contributed by atoms with Crippen LogP contribution in [-0.4, -0.2) is 70.9 Å². The fourth-order valence-corrected chi connectivity index (χ4v) is 4.87. The molecule has 0 spiro atoms. The van der Waals surface area contributed by atoms with Crippen molar-refractivity contribution in [3.63, 3.8) is 0 Å². The minimum atomic E-state index is 0.139. The normalized spacial score (nSPS) is 17.4. The summed E-state index contributed by atoms with van der Waals surface area (Å²) in [5.74, 6) is 0.840. The van der Waals surface area contributed by atoms with Gasteiger partial charge in [-0.05, 0) is 47.5 Å². The van der Waals surface area contributed by atoms with Crippen LogP contribution < -0.4 is 4.74 Å². The molecule has 2 aliphatic heterocycles. The molecular formula is C27H29ClN4O2. The van der Waals surface area contributed by atoms with Gasteiger partial charge in [-0.1, -0.05) is 35.9 Å². The van der Waals surface area contributed by atoms with E-state index >= 15 is 0 Å². The van der Waals surface area contributed by atoms with Gasteiger partial charge in [0.25, 0.3) is 5.91 Å². The Kier molecular flexibility index (Phi) is 7.09. The van der Waals surface area contributed by atoms with E-state index in [1.54, 1.807) is 12.4 Å². The van der Waals surface area contributed by atoms with Crippen LogP contribution in [0.3, 0.4) is 0 Å². The van der Waals surface area contributed by atoms with E-state index in [9.17, 15) is 4.79 Å². The summed E-state index contributed by atoms with van der Waals surface area (Å²) in [5, 5.41) is 0.642. The predicted octanol–water partition coefficient (Wildman–Crippen LogP) is 3.96. The van der Waals surface area contributed by atoms with E-state index in [2.05, 4.69) is 20.9 Å². The van der Waals surface area contributed by atoms with Gasteiger partial charge in [-0.15, -0.1) is 0 Å². The Balaban J connectivity index is 1.06. The lowest BCUT2D eigenvalue weighted by atomic mass is 10.0. The van der Waals surface area contributed by atoms with Crippen molar-refractivity contribution in [3.8, 4) is 5.75 Å². The van der Waals surface area contributed by atoms with E-state index < -0.39 is 0 Å². The second kappa shape index (κ2) is 10.6. The Bertz CT molecular complexity index is 1100. The molecule has 176 valence electrons. The molecule has 0 radical (unpaired) electrons. The number of carbonyl (C=O) groups is 1. The summed E-state index contributed by atoms with van der Waals surface area (Å²) in [4.78, 5) is 23.6. The van der Waals surface area contributed by atoms with Crippen molar-refractivity contribution in [2.75, 3.05) is 39.3 Å². The van der Waals surface area contributed by atoms with Crippen molar-refractivity contribution in [2.45, 2.75) is 19.2 Å². The fraction of sp³-hybridized carbons (Fsp3) is 0.333. The first kappa shape index (κ1) is 22.8. The van der Waals surface area contributed by atoms with Crippen LogP contribution >= 0.6 is 11.6 Å². The van der Waals surface area contributed by atoms with Gasteiger partial charge in [0.1, 0.15) is 12.4 Å². The van der Waals surface area contributed by atoms with Gasteiger partial charge < -0.3 is 9.64 Å². The highest BCUT2D eigenvalue weighted by atomic mass is 35.5. The van der Waals surface area contributed by atoms with Crippen LogP contribution in [0.2, 0.25) is 5.02 Å². The standard InChI is InChI=1S/C27H29ClN4O2/c28-25-16-22(6-7-26(25)34-20-21-8-10-29-11-9-21)17-30-18-24(19-30)31-12-14-32(15-13-31)27(33)23-4-2-1-3-5-23/h1-11,16,24H,12-15,17-20H2. The molecule has 1 amide bonds. The minimum absolute atomic E-state index is 0.139. The average molecular weight is 477 g/mol. The molecule has 0 bridgehead atoms. The number of carbonyl (C=O) groups excluding carboxylic acids is 1. The maximum atomic E-state index is 12.7. The quantitative estimate of drug-likeness (QED) is 0.516. The maximum absolute atomic E-state index is 12.7. The molecule has 3 aromatic rings. The van der Waals surface area contributed by atoms with Crippen LogP contribution in [0.1, 0.15) is 21.5 Å². The molecule has 0 aliphatic carbocycles. The number of benzene rings is 2. The largest absolute Gasteiger partial charge is 0.487 e. The first-order valence-corrected chi connectivity index (χ1v) is 12.1. The Labute approximate surface area is 205 Å². The molecule has 34 heavy (non-hydrogen) atoms. The number of hydrogen-bond acceptors (Lipinski definition) is 5. The summed E-state index contributed by atoms with van der Waals surface area (Å²) >= 11 is 6.48. The molecule has 2 fully saturated rings.